The second kappa shape index (κ2) is 6.56. The lowest BCUT2D eigenvalue weighted by Crippen LogP contribution is -2.42. The summed E-state index contributed by atoms with van der Waals surface area (Å²) in [5.41, 5.74) is 3.07. The van der Waals surface area contributed by atoms with Crippen LogP contribution in [0.15, 0.2) is 16.8 Å². The van der Waals surface area contributed by atoms with Crippen LogP contribution in [0.1, 0.15) is 48.4 Å². The SMILES string of the molecule is Cc1noc(C)c1C[C@H](C)C(=O)N1CCC[C@H](c2ccn[nH]2)C1. The number of aromatic nitrogens is 3. The molecule has 0 unspecified atom stereocenters. The molecule has 2 atom stereocenters. The van der Waals surface area contributed by atoms with Crippen molar-refractivity contribution in [2.24, 2.45) is 5.92 Å². The van der Waals surface area contributed by atoms with Crippen molar-refractivity contribution in [3.63, 3.8) is 0 Å². The second-order valence-corrected chi connectivity index (χ2v) is 6.54. The van der Waals surface area contributed by atoms with Crippen molar-refractivity contribution in [3.05, 3.63) is 35.0 Å². The molecule has 6 nitrogen and oxygen atoms in total. The van der Waals surface area contributed by atoms with Gasteiger partial charge in [-0.1, -0.05) is 12.1 Å². The van der Waals surface area contributed by atoms with Crippen LogP contribution in [0, 0.1) is 19.8 Å². The summed E-state index contributed by atoms with van der Waals surface area (Å²) in [6, 6.07) is 2.01. The fraction of sp³-hybridized carbons (Fsp3) is 0.588. The number of rotatable bonds is 4. The summed E-state index contributed by atoms with van der Waals surface area (Å²) in [4.78, 5) is 14.8. The van der Waals surface area contributed by atoms with Crippen molar-refractivity contribution in [1.29, 1.82) is 0 Å². The zero-order valence-corrected chi connectivity index (χ0v) is 14.0. The molecule has 1 amide bonds. The van der Waals surface area contributed by atoms with Crippen molar-refractivity contribution < 1.29 is 9.32 Å². The van der Waals surface area contributed by atoms with Crippen molar-refractivity contribution in [2.45, 2.75) is 46.0 Å². The number of aryl methyl sites for hydroxylation is 2. The molecule has 124 valence electrons. The predicted molar refractivity (Wildman–Crippen MR) is 86.0 cm³/mol. The Morgan fingerprint density at radius 2 is 2.35 bits per heavy atom. The minimum Gasteiger partial charge on any atom is -0.361 e. The van der Waals surface area contributed by atoms with E-state index in [0.717, 1.165) is 48.6 Å². The summed E-state index contributed by atoms with van der Waals surface area (Å²) in [5.74, 6) is 1.33. The number of hydrogen-bond acceptors (Lipinski definition) is 4. The number of nitrogens with one attached hydrogen (secondary N) is 1. The van der Waals surface area contributed by atoms with E-state index in [1.165, 1.54) is 0 Å². The number of aromatic amines is 1. The molecule has 0 spiro atoms. The first-order valence-electron chi connectivity index (χ1n) is 8.26. The molecule has 1 saturated heterocycles. The van der Waals surface area contributed by atoms with Gasteiger partial charge in [0.25, 0.3) is 0 Å². The van der Waals surface area contributed by atoms with Gasteiger partial charge in [-0.25, -0.2) is 0 Å². The van der Waals surface area contributed by atoms with Gasteiger partial charge < -0.3 is 9.42 Å². The fourth-order valence-electron chi connectivity index (χ4n) is 3.42. The molecule has 1 aliphatic heterocycles. The van der Waals surface area contributed by atoms with Gasteiger partial charge in [0.15, 0.2) is 0 Å². The summed E-state index contributed by atoms with van der Waals surface area (Å²) in [6.45, 7) is 7.44. The molecule has 0 aliphatic carbocycles. The van der Waals surface area contributed by atoms with E-state index in [0.29, 0.717) is 12.3 Å². The molecule has 2 aromatic rings. The van der Waals surface area contributed by atoms with Gasteiger partial charge in [-0.15, -0.1) is 0 Å². The van der Waals surface area contributed by atoms with Crippen LogP contribution in [-0.2, 0) is 11.2 Å². The molecule has 0 saturated carbocycles. The van der Waals surface area contributed by atoms with Crippen molar-refractivity contribution in [1.82, 2.24) is 20.3 Å². The van der Waals surface area contributed by atoms with Gasteiger partial charge in [-0.2, -0.15) is 5.10 Å². The van der Waals surface area contributed by atoms with E-state index in [9.17, 15) is 4.79 Å². The van der Waals surface area contributed by atoms with Gasteiger partial charge in [0.2, 0.25) is 5.91 Å². The number of amides is 1. The van der Waals surface area contributed by atoms with Crippen LogP contribution >= 0.6 is 0 Å². The standard InChI is InChI=1S/C17H24N4O2/c1-11(9-15-12(2)20-23-13(15)3)17(22)21-8-4-5-14(10-21)16-6-7-18-19-16/h6-7,11,14H,4-5,8-10H2,1-3H3,(H,18,19)/t11-,14-/m0/s1. The molecule has 0 radical (unpaired) electrons. The van der Waals surface area contributed by atoms with E-state index in [2.05, 4.69) is 15.4 Å². The highest BCUT2D eigenvalue weighted by molar-refractivity contribution is 5.79. The molecule has 3 rings (SSSR count). The first-order valence-corrected chi connectivity index (χ1v) is 8.26. The fourth-order valence-corrected chi connectivity index (χ4v) is 3.42. The average molecular weight is 316 g/mol. The Hall–Kier alpha value is -2.11. The first kappa shape index (κ1) is 15.8. The third kappa shape index (κ3) is 3.30. The quantitative estimate of drug-likeness (QED) is 0.941. The van der Waals surface area contributed by atoms with Gasteiger partial charge >= 0.3 is 0 Å². The van der Waals surface area contributed by atoms with Crippen LogP contribution in [0.2, 0.25) is 0 Å². The molecule has 1 aliphatic rings. The van der Waals surface area contributed by atoms with Crippen molar-refractivity contribution >= 4 is 5.91 Å². The number of nitrogens with zero attached hydrogens (tertiary/aromatic N) is 3. The predicted octanol–water partition coefficient (Wildman–Crippen LogP) is 2.60. The maximum atomic E-state index is 12.8. The summed E-state index contributed by atoms with van der Waals surface area (Å²) in [5, 5.41) is 11.0. The third-order valence-electron chi connectivity index (χ3n) is 4.81. The van der Waals surface area contributed by atoms with E-state index in [4.69, 9.17) is 4.52 Å². The molecule has 23 heavy (non-hydrogen) atoms. The number of carbonyl (C=O) groups excluding carboxylic acids is 1. The molecule has 3 heterocycles. The highest BCUT2D eigenvalue weighted by Gasteiger charge is 2.29. The number of hydrogen-bond donors (Lipinski definition) is 1. The summed E-state index contributed by atoms with van der Waals surface area (Å²) < 4.78 is 5.20. The van der Waals surface area contributed by atoms with Crippen LogP contribution < -0.4 is 0 Å². The van der Waals surface area contributed by atoms with Crippen LogP contribution in [0.4, 0.5) is 0 Å². The van der Waals surface area contributed by atoms with Gasteiger partial charge in [0, 0.05) is 42.4 Å². The van der Waals surface area contributed by atoms with Gasteiger partial charge in [-0.3, -0.25) is 9.89 Å². The van der Waals surface area contributed by atoms with E-state index in [1.807, 2.05) is 31.7 Å². The molecular formula is C17H24N4O2. The largest absolute Gasteiger partial charge is 0.361 e. The van der Waals surface area contributed by atoms with Crippen LogP contribution in [0.3, 0.4) is 0 Å². The minimum atomic E-state index is -0.0627. The van der Waals surface area contributed by atoms with Gasteiger partial charge in [-0.05, 0) is 39.2 Å². The number of H-pyrrole nitrogens is 1. The van der Waals surface area contributed by atoms with Gasteiger partial charge in [0.1, 0.15) is 5.76 Å². The Balaban J connectivity index is 1.65. The summed E-state index contributed by atoms with van der Waals surface area (Å²) in [6.07, 6.45) is 4.60. The Kier molecular flexibility index (Phi) is 4.50. The molecule has 1 fully saturated rings. The minimum absolute atomic E-state index is 0.0627. The monoisotopic (exact) mass is 316 g/mol. The smallest absolute Gasteiger partial charge is 0.225 e. The van der Waals surface area contributed by atoms with Gasteiger partial charge in [0.05, 0.1) is 5.69 Å². The first-order chi connectivity index (χ1) is 11.1. The Labute approximate surface area is 136 Å². The van der Waals surface area contributed by atoms with E-state index < -0.39 is 0 Å². The normalized spacial score (nSPS) is 19.8. The number of carbonyl (C=O) groups is 1. The molecule has 0 bridgehead atoms. The molecule has 0 aromatic carbocycles. The molecule has 1 N–H and O–H groups in total. The van der Waals surface area contributed by atoms with Crippen molar-refractivity contribution in [3.8, 4) is 0 Å². The van der Waals surface area contributed by atoms with Crippen LogP contribution in [-0.4, -0.2) is 39.3 Å². The summed E-state index contributed by atoms with van der Waals surface area (Å²) >= 11 is 0. The second-order valence-electron chi connectivity index (χ2n) is 6.54. The summed E-state index contributed by atoms with van der Waals surface area (Å²) in [7, 11) is 0. The van der Waals surface area contributed by atoms with E-state index >= 15 is 0 Å². The average Bonchev–Trinajstić information content (AvgIpc) is 3.20. The lowest BCUT2D eigenvalue weighted by atomic mass is 9.92. The van der Waals surface area contributed by atoms with Crippen LogP contribution in [0.25, 0.3) is 0 Å². The highest BCUT2D eigenvalue weighted by atomic mass is 16.5. The van der Waals surface area contributed by atoms with E-state index in [1.54, 1.807) is 6.20 Å². The van der Waals surface area contributed by atoms with E-state index in [-0.39, 0.29) is 11.8 Å². The van der Waals surface area contributed by atoms with Crippen molar-refractivity contribution in [2.75, 3.05) is 13.1 Å². The highest BCUT2D eigenvalue weighted by Crippen LogP contribution is 2.27. The molecule has 2 aromatic heterocycles. The zero-order valence-electron chi connectivity index (χ0n) is 14.0. The maximum absolute atomic E-state index is 12.8. The third-order valence-corrected chi connectivity index (χ3v) is 4.81. The number of piperidine rings is 1. The molecular weight excluding hydrogens is 292 g/mol. The Bertz CT molecular complexity index is 643. The topological polar surface area (TPSA) is 75.0 Å². The maximum Gasteiger partial charge on any atom is 0.225 e. The molecule has 6 heteroatoms. The Morgan fingerprint density at radius 3 is 3.00 bits per heavy atom. The lowest BCUT2D eigenvalue weighted by molar-refractivity contribution is -0.136. The van der Waals surface area contributed by atoms with Crippen LogP contribution in [0.5, 0.6) is 0 Å². The Morgan fingerprint density at radius 1 is 1.52 bits per heavy atom. The zero-order chi connectivity index (χ0) is 16.4. The lowest BCUT2D eigenvalue weighted by Gasteiger charge is -2.34. The number of likely N-dealkylation sites (tertiary alicyclic amines) is 1.